The minimum Gasteiger partial charge on any atom is -0.456 e. The Morgan fingerprint density at radius 2 is 0.962 bits per heavy atom. The van der Waals surface area contributed by atoms with Crippen LogP contribution in [-0.2, 0) is 4.57 Å². The monoisotopic (exact) mass is 697 g/mol. The molecule has 0 bridgehead atoms. The topological polar surface area (TPSA) is 43.1 Å². The van der Waals surface area contributed by atoms with Crippen LogP contribution in [0.5, 0.6) is 0 Å². The molecule has 53 heavy (non-hydrogen) atoms. The standard InChI is InChI=1S/C49H32NO2P/c51-53(37-18-6-2-7-19-37,38-20-8-3-9-21-38)39-22-14-17-36(31-39)33-27-29-35(30-28-33)49-42-32-45-48(41-24-11-13-26-44(41)52-45)46(34-15-4-1-5-16-34)47(42)40-23-10-12-25-43(40)50-49/h1-32H. The van der Waals surface area contributed by atoms with Crippen molar-refractivity contribution in [3.63, 3.8) is 0 Å². The van der Waals surface area contributed by atoms with Crippen LogP contribution in [0.4, 0.5) is 0 Å². The fourth-order valence-electron chi connectivity index (χ4n) is 7.86. The lowest BCUT2D eigenvalue weighted by atomic mass is 9.89. The lowest BCUT2D eigenvalue weighted by molar-refractivity contribution is 0.592. The number of hydrogen-bond acceptors (Lipinski definition) is 3. The number of aromatic nitrogens is 1. The van der Waals surface area contributed by atoms with Gasteiger partial charge in [-0.2, -0.15) is 0 Å². The Balaban J connectivity index is 1.16. The molecule has 0 aliphatic carbocycles. The van der Waals surface area contributed by atoms with E-state index in [0.717, 1.165) is 93.0 Å². The van der Waals surface area contributed by atoms with Crippen molar-refractivity contribution in [3.05, 3.63) is 194 Å². The summed E-state index contributed by atoms with van der Waals surface area (Å²) >= 11 is 0. The minimum atomic E-state index is -3.11. The molecule has 10 aromatic rings. The van der Waals surface area contributed by atoms with Gasteiger partial charge >= 0.3 is 0 Å². The second kappa shape index (κ2) is 12.6. The molecule has 0 spiro atoms. The molecular weight excluding hydrogens is 666 g/mol. The van der Waals surface area contributed by atoms with Crippen LogP contribution in [0.2, 0.25) is 0 Å². The van der Waals surface area contributed by atoms with Crippen molar-refractivity contribution in [1.82, 2.24) is 4.98 Å². The third-order valence-electron chi connectivity index (χ3n) is 10.3. The molecule has 0 aliphatic heterocycles. The number of rotatable bonds is 6. The number of pyridine rings is 1. The van der Waals surface area contributed by atoms with Gasteiger partial charge in [0.1, 0.15) is 11.2 Å². The first-order valence-corrected chi connectivity index (χ1v) is 19.5. The van der Waals surface area contributed by atoms with Crippen LogP contribution in [0, 0.1) is 0 Å². The van der Waals surface area contributed by atoms with Crippen LogP contribution in [-0.4, -0.2) is 4.98 Å². The van der Waals surface area contributed by atoms with Gasteiger partial charge in [0.15, 0.2) is 7.14 Å². The Labute approximate surface area is 307 Å². The number of fused-ring (bicyclic) bond motifs is 6. The van der Waals surface area contributed by atoms with Crippen molar-refractivity contribution in [2.75, 3.05) is 0 Å². The summed E-state index contributed by atoms with van der Waals surface area (Å²) in [7, 11) is -3.11. The van der Waals surface area contributed by atoms with Gasteiger partial charge in [0.25, 0.3) is 0 Å². The largest absolute Gasteiger partial charge is 0.456 e. The summed E-state index contributed by atoms with van der Waals surface area (Å²) in [6.07, 6.45) is 0. The molecule has 2 heterocycles. The maximum atomic E-state index is 15.1. The summed E-state index contributed by atoms with van der Waals surface area (Å²) in [5.74, 6) is 0. The van der Waals surface area contributed by atoms with E-state index in [2.05, 4.69) is 109 Å². The predicted molar refractivity (Wildman–Crippen MR) is 222 cm³/mol. The average Bonchev–Trinajstić information content (AvgIpc) is 3.61. The van der Waals surface area contributed by atoms with Gasteiger partial charge in [0, 0.05) is 54.0 Å². The number of nitrogens with zero attached hydrogens (tertiary/aromatic N) is 1. The highest BCUT2D eigenvalue weighted by Gasteiger charge is 2.30. The third kappa shape index (κ3) is 5.12. The summed E-state index contributed by atoms with van der Waals surface area (Å²) in [4.78, 5) is 5.31. The van der Waals surface area contributed by atoms with Crippen molar-refractivity contribution >= 4 is 66.7 Å². The molecule has 0 N–H and O–H groups in total. The average molecular weight is 698 g/mol. The molecule has 0 saturated heterocycles. The van der Waals surface area contributed by atoms with Gasteiger partial charge in [-0.1, -0.05) is 170 Å². The molecular formula is C49H32NO2P. The molecule has 10 rings (SSSR count). The molecule has 4 heteroatoms. The Hall–Kier alpha value is -6.54. The Morgan fingerprint density at radius 3 is 1.68 bits per heavy atom. The highest BCUT2D eigenvalue weighted by molar-refractivity contribution is 7.85. The summed E-state index contributed by atoms with van der Waals surface area (Å²) in [5.41, 5.74) is 8.88. The van der Waals surface area contributed by atoms with Crippen molar-refractivity contribution in [1.29, 1.82) is 0 Å². The van der Waals surface area contributed by atoms with E-state index in [1.807, 2.05) is 84.9 Å². The van der Waals surface area contributed by atoms with Gasteiger partial charge in [-0.15, -0.1) is 0 Å². The van der Waals surface area contributed by atoms with Crippen LogP contribution in [0.3, 0.4) is 0 Å². The second-order valence-corrected chi connectivity index (χ2v) is 16.2. The SMILES string of the molecule is O=P(c1ccccc1)(c1ccccc1)c1cccc(-c2ccc(-c3nc4ccccc4c4c(-c5ccccc5)c5c(cc34)oc3ccccc35)cc2)c1. The molecule has 0 unspecified atom stereocenters. The van der Waals surface area contributed by atoms with Gasteiger partial charge in [-0.3, -0.25) is 0 Å². The molecule has 0 amide bonds. The van der Waals surface area contributed by atoms with Crippen LogP contribution in [0.25, 0.3) is 77.1 Å². The Kier molecular flexibility index (Phi) is 7.42. The van der Waals surface area contributed by atoms with Crippen molar-refractivity contribution in [2.45, 2.75) is 0 Å². The van der Waals surface area contributed by atoms with Crippen LogP contribution >= 0.6 is 7.14 Å². The summed E-state index contributed by atoms with van der Waals surface area (Å²) in [6.45, 7) is 0. The number of hydrogen-bond donors (Lipinski definition) is 0. The molecule has 8 aromatic carbocycles. The van der Waals surface area contributed by atoms with Gasteiger partial charge in [0.2, 0.25) is 0 Å². The molecule has 250 valence electrons. The van der Waals surface area contributed by atoms with Crippen LogP contribution in [0.15, 0.2) is 199 Å². The minimum absolute atomic E-state index is 0.807. The molecule has 2 aromatic heterocycles. The lowest BCUT2D eigenvalue weighted by Crippen LogP contribution is -2.25. The highest BCUT2D eigenvalue weighted by Crippen LogP contribution is 2.47. The molecule has 3 nitrogen and oxygen atoms in total. The molecule has 0 fully saturated rings. The number of para-hydroxylation sites is 2. The van der Waals surface area contributed by atoms with E-state index in [-0.39, 0.29) is 0 Å². The predicted octanol–water partition coefficient (Wildman–Crippen LogP) is 11.9. The van der Waals surface area contributed by atoms with E-state index in [1.165, 1.54) is 0 Å². The van der Waals surface area contributed by atoms with Crippen molar-refractivity contribution < 1.29 is 8.98 Å². The van der Waals surface area contributed by atoms with E-state index in [4.69, 9.17) is 9.40 Å². The van der Waals surface area contributed by atoms with Crippen LogP contribution < -0.4 is 15.9 Å². The second-order valence-electron chi connectivity index (χ2n) is 13.4. The molecule has 0 atom stereocenters. The van der Waals surface area contributed by atoms with Gasteiger partial charge < -0.3 is 8.98 Å². The third-order valence-corrected chi connectivity index (χ3v) is 13.4. The van der Waals surface area contributed by atoms with E-state index in [1.54, 1.807) is 0 Å². The van der Waals surface area contributed by atoms with E-state index in [0.29, 0.717) is 0 Å². The lowest BCUT2D eigenvalue weighted by Gasteiger charge is -2.20. The van der Waals surface area contributed by atoms with Crippen molar-refractivity contribution in [3.8, 4) is 33.5 Å². The zero-order chi connectivity index (χ0) is 35.4. The fraction of sp³-hybridized carbons (Fsp3) is 0. The summed E-state index contributed by atoms with van der Waals surface area (Å²) in [6, 6.07) is 65.9. The van der Waals surface area contributed by atoms with E-state index in [9.17, 15) is 0 Å². The maximum absolute atomic E-state index is 15.1. The van der Waals surface area contributed by atoms with Gasteiger partial charge in [0.05, 0.1) is 11.2 Å². The Bertz CT molecular complexity index is 2960. The number of furan rings is 1. The van der Waals surface area contributed by atoms with E-state index < -0.39 is 7.14 Å². The van der Waals surface area contributed by atoms with E-state index >= 15 is 4.57 Å². The summed E-state index contributed by atoms with van der Waals surface area (Å²) in [5, 5.41) is 7.96. The quantitative estimate of drug-likeness (QED) is 0.128. The smallest absolute Gasteiger partial charge is 0.171 e. The molecule has 0 radical (unpaired) electrons. The zero-order valence-electron chi connectivity index (χ0n) is 28.7. The Morgan fingerprint density at radius 1 is 0.396 bits per heavy atom. The molecule has 0 aliphatic rings. The van der Waals surface area contributed by atoms with Gasteiger partial charge in [-0.05, 0) is 41.0 Å². The molecule has 0 saturated carbocycles. The van der Waals surface area contributed by atoms with Crippen LogP contribution in [0.1, 0.15) is 0 Å². The highest BCUT2D eigenvalue weighted by atomic mass is 31.2. The zero-order valence-corrected chi connectivity index (χ0v) is 29.6. The van der Waals surface area contributed by atoms with Gasteiger partial charge in [-0.25, -0.2) is 4.98 Å². The number of benzene rings is 8. The first-order valence-electron chi connectivity index (χ1n) is 17.8. The first-order chi connectivity index (χ1) is 26.2. The fourth-order valence-corrected chi connectivity index (χ4v) is 10.6. The maximum Gasteiger partial charge on any atom is 0.171 e. The normalized spacial score (nSPS) is 11.8. The summed E-state index contributed by atoms with van der Waals surface area (Å²) < 4.78 is 21.7. The van der Waals surface area contributed by atoms with Crippen molar-refractivity contribution in [2.24, 2.45) is 0 Å². The first kappa shape index (κ1) is 31.2.